The third-order valence-electron chi connectivity index (χ3n) is 4.35. The molecule has 136 valence electrons. The maximum absolute atomic E-state index is 11.1. The van der Waals surface area contributed by atoms with Gasteiger partial charge in [0.1, 0.15) is 6.04 Å². The van der Waals surface area contributed by atoms with Gasteiger partial charge in [0.15, 0.2) is 0 Å². The Labute approximate surface area is 149 Å². The van der Waals surface area contributed by atoms with Gasteiger partial charge in [-0.3, -0.25) is 9.59 Å². The summed E-state index contributed by atoms with van der Waals surface area (Å²) in [6, 6.07) is 14.5. The Hall–Kier alpha value is -2.90. The molecule has 3 aromatic rings. The SMILES string of the molecule is O=C(O)C[C@@H](NC[C@@H](O)Cn1c2ccccc2c2ccccc21)C(=O)O. The summed E-state index contributed by atoms with van der Waals surface area (Å²) in [6.07, 6.45) is -1.41. The summed E-state index contributed by atoms with van der Waals surface area (Å²) in [5.74, 6) is -2.46. The highest BCUT2D eigenvalue weighted by Crippen LogP contribution is 2.28. The fourth-order valence-corrected chi connectivity index (χ4v) is 3.18. The van der Waals surface area contributed by atoms with Crippen LogP contribution in [0.4, 0.5) is 0 Å². The zero-order chi connectivity index (χ0) is 18.7. The lowest BCUT2D eigenvalue weighted by Crippen LogP contribution is -2.43. The molecule has 0 spiro atoms. The molecule has 0 saturated heterocycles. The molecule has 2 atom stereocenters. The number of aromatic nitrogens is 1. The summed E-state index contributed by atoms with van der Waals surface area (Å²) < 4.78 is 1.99. The van der Waals surface area contributed by atoms with Gasteiger partial charge in [-0.05, 0) is 12.1 Å². The second-order valence-corrected chi connectivity index (χ2v) is 6.20. The molecule has 0 amide bonds. The van der Waals surface area contributed by atoms with E-state index in [2.05, 4.69) is 5.32 Å². The van der Waals surface area contributed by atoms with Crippen LogP contribution in [-0.2, 0) is 16.1 Å². The number of nitrogens with one attached hydrogen (secondary N) is 1. The van der Waals surface area contributed by atoms with E-state index in [1.807, 2.05) is 53.1 Å². The van der Waals surface area contributed by atoms with Crippen LogP contribution in [0.1, 0.15) is 6.42 Å². The molecule has 1 heterocycles. The van der Waals surface area contributed by atoms with Crippen LogP contribution >= 0.6 is 0 Å². The molecule has 0 bridgehead atoms. The van der Waals surface area contributed by atoms with Gasteiger partial charge in [0.05, 0.1) is 19.1 Å². The Bertz CT molecular complexity index is 896. The molecule has 0 saturated carbocycles. The first kappa shape index (κ1) is 17.9. The average Bonchev–Trinajstić information content (AvgIpc) is 2.93. The van der Waals surface area contributed by atoms with Gasteiger partial charge in [0.25, 0.3) is 0 Å². The van der Waals surface area contributed by atoms with E-state index in [9.17, 15) is 14.7 Å². The third-order valence-corrected chi connectivity index (χ3v) is 4.35. The molecule has 0 radical (unpaired) electrons. The van der Waals surface area contributed by atoms with E-state index in [1.165, 1.54) is 0 Å². The summed E-state index contributed by atoms with van der Waals surface area (Å²) in [5, 5.41) is 33.0. The van der Waals surface area contributed by atoms with Crippen molar-refractivity contribution in [2.45, 2.75) is 25.1 Å². The molecule has 2 aromatic carbocycles. The van der Waals surface area contributed by atoms with Crippen LogP contribution in [-0.4, -0.2) is 50.5 Å². The first-order valence-electron chi connectivity index (χ1n) is 8.29. The lowest BCUT2D eigenvalue weighted by molar-refractivity contribution is -0.146. The number of benzene rings is 2. The van der Waals surface area contributed by atoms with E-state index < -0.39 is 30.5 Å². The lowest BCUT2D eigenvalue weighted by atomic mass is 10.2. The molecule has 7 heteroatoms. The molecule has 0 aliphatic carbocycles. The van der Waals surface area contributed by atoms with Crippen molar-refractivity contribution >= 4 is 33.7 Å². The molecule has 1 aromatic heterocycles. The molecule has 26 heavy (non-hydrogen) atoms. The first-order chi connectivity index (χ1) is 12.5. The number of aliphatic hydroxyl groups is 1. The second-order valence-electron chi connectivity index (χ2n) is 6.20. The quantitative estimate of drug-likeness (QED) is 0.488. The number of carboxylic acid groups (broad SMARTS) is 2. The Morgan fingerprint density at radius 2 is 1.50 bits per heavy atom. The van der Waals surface area contributed by atoms with E-state index in [-0.39, 0.29) is 13.1 Å². The number of hydrogen-bond acceptors (Lipinski definition) is 4. The maximum Gasteiger partial charge on any atom is 0.321 e. The zero-order valence-corrected chi connectivity index (χ0v) is 14.0. The lowest BCUT2D eigenvalue weighted by Gasteiger charge is -2.17. The number of carboxylic acids is 2. The topological polar surface area (TPSA) is 112 Å². The van der Waals surface area contributed by atoms with Crippen LogP contribution in [0.15, 0.2) is 48.5 Å². The minimum absolute atomic E-state index is 0.0227. The molecule has 0 unspecified atom stereocenters. The summed E-state index contributed by atoms with van der Waals surface area (Å²) in [5.41, 5.74) is 1.96. The standard InChI is InChI=1S/C19H20N2O5/c22-12(10-20-15(19(25)26)9-18(23)24)11-21-16-7-3-1-5-13(16)14-6-2-4-8-17(14)21/h1-8,12,15,20,22H,9-11H2,(H,23,24)(H,25,26)/t12-,15-/m1/s1. The fraction of sp³-hybridized carbons (Fsp3) is 0.263. The molecule has 0 aliphatic heterocycles. The Morgan fingerprint density at radius 1 is 0.962 bits per heavy atom. The van der Waals surface area contributed by atoms with Crippen molar-refractivity contribution in [2.75, 3.05) is 6.54 Å². The minimum atomic E-state index is -1.25. The molecule has 7 nitrogen and oxygen atoms in total. The van der Waals surface area contributed by atoms with Crippen molar-refractivity contribution in [3.05, 3.63) is 48.5 Å². The number of nitrogens with zero attached hydrogens (tertiary/aromatic N) is 1. The van der Waals surface area contributed by atoms with Crippen molar-refractivity contribution in [1.82, 2.24) is 9.88 Å². The van der Waals surface area contributed by atoms with Gasteiger partial charge in [-0.2, -0.15) is 0 Å². The third kappa shape index (κ3) is 3.68. The van der Waals surface area contributed by atoms with Crippen LogP contribution in [0.2, 0.25) is 0 Å². The summed E-state index contributed by atoms with van der Waals surface area (Å²) >= 11 is 0. The number of hydrogen-bond donors (Lipinski definition) is 4. The molecule has 0 fully saturated rings. The van der Waals surface area contributed by atoms with E-state index in [0.29, 0.717) is 0 Å². The second kappa shape index (κ2) is 7.55. The Morgan fingerprint density at radius 3 is 2.00 bits per heavy atom. The monoisotopic (exact) mass is 356 g/mol. The summed E-state index contributed by atoms with van der Waals surface area (Å²) in [7, 11) is 0. The van der Waals surface area contributed by atoms with Crippen LogP contribution in [0.3, 0.4) is 0 Å². The van der Waals surface area contributed by atoms with Crippen molar-refractivity contribution in [3.8, 4) is 0 Å². The highest BCUT2D eigenvalue weighted by atomic mass is 16.4. The maximum atomic E-state index is 11.1. The van der Waals surface area contributed by atoms with E-state index in [4.69, 9.17) is 10.2 Å². The van der Waals surface area contributed by atoms with Crippen LogP contribution < -0.4 is 5.32 Å². The predicted octanol–water partition coefficient (Wildman–Crippen LogP) is 1.67. The average molecular weight is 356 g/mol. The summed E-state index contributed by atoms with van der Waals surface area (Å²) in [4.78, 5) is 21.8. The van der Waals surface area contributed by atoms with Crippen molar-refractivity contribution < 1.29 is 24.9 Å². The predicted molar refractivity (Wildman–Crippen MR) is 97.1 cm³/mol. The van der Waals surface area contributed by atoms with Crippen LogP contribution in [0.5, 0.6) is 0 Å². The van der Waals surface area contributed by atoms with Crippen LogP contribution in [0.25, 0.3) is 21.8 Å². The number of fused-ring (bicyclic) bond motifs is 3. The van der Waals surface area contributed by atoms with Gasteiger partial charge in [0, 0.05) is 28.4 Å². The number of aliphatic hydroxyl groups excluding tert-OH is 1. The van der Waals surface area contributed by atoms with Gasteiger partial charge >= 0.3 is 11.9 Å². The largest absolute Gasteiger partial charge is 0.481 e. The Balaban J connectivity index is 1.79. The van der Waals surface area contributed by atoms with Gasteiger partial charge in [-0.15, -0.1) is 0 Å². The van der Waals surface area contributed by atoms with Gasteiger partial charge < -0.3 is 25.2 Å². The van der Waals surface area contributed by atoms with E-state index >= 15 is 0 Å². The van der Waals surface area contributed by atoms with Gasteiger partial charge in [-0.25, -0.2) is 0 Å². The van der Waals surface area contributed by atoms with Gasteiger partial charge in [-0.1, -0.05) is 36.4 Å². The molecule has 0 aliphatic rings. The van der Waals surface area contributed by atoms with E-state index in [0.717, 1.165) is 21.8 Å². The molecule has 3 rings (SSSR count). The normalized spacial score (nSPS) is 13.7. The van der Waals surface area contributed by atoms with E-state index in [1.54, 1.807) is 0 Å². The minimum Gasteiger partial charge on any atom is -0.481 e. The first-order valence-corrected chi connectivity index (χ1v) is 8.29. The highest BCUT2D eigenvalue weighted by molar-refractivity contribution is 6.07. The smallest absolute Gasteiger partial charge is 0.321 e. The van der Waals surface area contributed by atoms with Crippen molar-refractivity contribution in [2.24, 2.45) is 0 Å². The zero-order valence-electron chi connectivity index (χ0n) is 14.0. The van der Waals surface area contributed by atoms with Crippen molar-refractivity contribution in [3.63, 3.8) is 0 Å². The number of rotatable bonds is 8. The molecular formula is C19H20N2O5. The molecular weight excluding hydrogens is 336 g/mol. The Kier molecular flexibility index (Phi) is 5.20. The van der Waals surface area contributed by atoms with Crippen LogP contribution in [0, 0.1) is 0 Å². The summed E-state index contributed by atoms with van der Waals surface area (Å²) in [6.45, 7) is 0.242. The number of aliphatic carboxylic acids is 2. The van der Waals surface area contributed by atoms with Gasteiger partial charge in [0.2, 0.25) is 0 Å². The highest BCUT2D eigenvalue weighted by Gasteiger charge is 2.22. The molecule has 4 N–H and O–H groups in total. The number of carbonyl (C=O) groups is 2. The number of para-hydroxylation sites is 2. The van der Waals surface area contributed by atoms with Crippen molar-refractivity contribution in [1.29, 1.82) is 0 Å². The fourth-order valence-electron chi connectivity index (χ4n) is 3.18.